The first kappa shape index (κ1) is 12.7. The molecule has 4 N–H and O–H groups in total. The Morgan fingerprint density at radius 1 is 1.41 bits per heavy atom. The van der Waals surface area contributed by atoms with E-state index in [0.717, 1.165) is 5.69 Å². The van der Waals surface area contributed by atoms with E-state index < -0.39 is 0 Å². The van der Waals surface area contributed by atoms with E-state index in [1.54, 1.807) is 12.1 Å². The van der Waals surface area contributed by atoms with Crippen LogP contribution >= 0.6 is 0 Å². The number of carbonyl (C=O) groups excluding carboxylic acids is 1. The van der Waals surface area contributed by atoms with Crippen molar-refractivity contribution in [1.29, 1.82) is 0 Å². The molecular weight excluding hydrogens is 220 g/mol. The number of ketones is 1. The van der Waals surface area contributed by atoms with Gasteiger partial charge in [0.2, 0.25) is 0 Å². The Kier molecular flexibility index (Phi) is 4.68. The maximum atomic E-state index is 11.0. The molecule has 17 heavy (non-hydrogen) atoms. The van der Waals surface area contributed by atoms with E-state index in [1.807, 2.05) is 18.2 Å². The number of para-hydroxylation sites is 1. The van der Waals surface area contributed by atoms with E-state index in [9.17, 15) is 4.79 Å². The third kappa shape index (κ3) is 4.33. The van der Waals surface area contributed by atoms with E-state index in [0.29, 0.717) is 0 Å². The molecule has 1 aromatic rings. The maximum Gasteiger partial charge on any atom is 0.186 e. The molecule has 0 unspecified atom stereocenters. The Bertz CT molecular complexity index is 440. The van der Waals surface area contributed by atoms with Crippen molar-refractivity contribution in [1.82, 2.24) is 0 Å². The third-order valence-electron chi connectivity index (χ3n) is 1.91. The maximum absolute atomic E-state index is 11.0. The molecule has 0 fully saturated rings. The fourth-order valence-electron chi connectivity index (χ4n) is 1.13. The molecule has 1 aromatic carbocycles. The van der Waals surface area contributed by atoms with Crippen molar-refractivity contribution in [2.24, 2.45) is 16.0 Å². The number of rotatable bonds is 5. The normalized spacial score (nSPS) is 12.3. The van der Waals surface area contributed by atoms with Crippen molar-refractivity contribution in [2.75, 3.05) is 5.43 Å². The first-order valence-electron chi connectivity index (χ1n) is 4.98. The van der Waals surface area contributed by atoms with Crippen LogP contribution in [0, 0.1) is 0 Å². The Morgan fingerprint density at radius 3 is 2.59 bits per heavy atom. The summed E-state index contributed by atoms with van der Waals surface area (Å²) >= 11 is 0. The molecule has 0 aliphatic heterocycles. The zero-order valence-electron chi connectivity index (χ0n) is 9.42. The fourth-order valence-corrected chi connectivity index (χ4v) is 1.13. The summed E-state index contributed by atoms with van der Waals surface area (Å²) in [6, 6.07) is 9.16. The molecule has 0 aromatic heterocycles. The number of Topliss-reactive ketones (excluding diaryl/α,β-unsaturated/α-hetero) is 1. The topological polar surface area (TPSA) is 100 Å². The second kappa shape index (κ2) is 6.26. The molecule has 90 valence electrons. The Hall–Kier alpha value is -2.37. The molecule has 0 radical (unpaired) electrons. The van der Waals surface area contributed by atoms with Crippen molar-refractivity contribution in [2.45, 2.75) is 13.3 Å². The molecule has 0 saturated heterocycles. The van der Waals surface area contributed by atoms with Crippen LogP contribution in [0.5, 0.6) is 0 Å². The number of carbonyl (C=O) groups is 1. The summed E-state index contributed by atoms with van der Waals surface area (Å²) in [7, 11) is 0. The van der Waals surface area contributed by atoms with Crippen molar-refractivity contribution in [3.05, 3.63) is 30.3 Å². The molecule has 6 heteroatoms. The van der Waals surface area contributed by atoms with Gasteiger partial charge in [-0.15, -0.1) is 0 Å². The lowest BCUT2D eigenvalue weighted by Crippen LogP contribution is -2.26. The number of benzene rings is 1. The lowest BCUT2D eigenvalue weighted by Gasteiger charge is -2.04. The van der Waals surface area contributed by atoms with Crippen molar-refractivity contribution in [3.63, 3.8) is 0 Å². The summed E-state index contributed by atoms with van der Waals surface area (Å²) in [4.78, 5) is 11.0. The predicted octanol–water partition coefficient (Wildman–Crippen LogP) is 1.18. The molecule has 0 bridgehead atoms. The first-order chi connectivity index (χ1) is 8.13. The van der Waals surface area contributed by atoms with Gasteiger partial charge in [0, 0.05) is 0 Å². The highest BCUT2D eigenvalue weighted by Crippen LogP contribution is 2.05. The summed E-state index contributed by atoms with van der Waals surface area (Å²) in [6.07, 6.45) is 0.00965. The minimum atomic E-state index is -0.177. The number of hydrogen-bond donors (Lipinski definition) is 3. The van der Waals surface area contributed by atoms with Gasteiger partial charge < -0.3 is 10.9 Å². The molecule has 0 saturated carbocycles. The van der Waals surface area contributed by atoms with Crippen LogP contribution in [0.2, 0.25) is 0 Å². The van der Waals surface area contributed by atoms with Crippen molar-refractivity contribution in [3.8, 4) is 0 Å². The number of nitrogens with one attached hydrogen (secondary N) is 1. The van der Waals surface area contributed by atoms with Crippen LogP contribution in [0.3, 0.4) is 0 Å². The zero-order chi connectivity index (χ0) is 12.7. The number of hydrogen-bond acceptors (Lipinski definition) is 5. The molecule has 0 amide bonds. The van der Waals surface area contributed by atoms with Crippen LogP contribution in [0.15, 0.2) is 40.6 Å². The minimum Gasteiger partial charge on any atom is -0.409 e. The summed E-state index contributed by atoms with van der Waals surface area (Å²) < 4.78 is 0. The molecule has 1 rings (SSSR count). The summed E-state index contributed by atoms with van der Waals surface area (Å²) in [5, 5.41) is 15.3. The van der Waals surface area contributed by atoms with E-state index in [-0.39, 0.29) is 23.8 Å². The second-order valence-corrected chi connectivity index (χ2v) is 3.40. The first-order valence-corrected chi connectivity index (χ1v) is 4.98. The summed E-state index contributed by atoms with van der Waals surface area (Å²) in [5.74, 6) is -0.297. The van der Waals surface area contributed by atoms with Crippen LogP contribution < -0.4 is 11.2 Å². The lowest BCUT2D eigenvalue weighted by atomic mass is 10.2. The smallest absolute Gasteiger partial charge is 0.186 e. The predicted molar refractivity (Wildman–Crippen MR) is 66.2 cm³/mol. The van der Waals surface area contributed by atoms with Crippen LogP contribution in [0.4, 0.5) is 5.69 Å². The highest BCUT2D eigenvalue weighted by atomic mass is 16.4. The Morgan fingerprint density at radius 2 is 2.06 bits per heavy atom. The SMILES string of the molecule is CC(=O)CC(=NNc1ccccc1)C(N)=NO. The van der Waals surface area contributed by atoms with Crippen LogP contribution in [0.25, 0.3) is 0 Å². The van der Waals surface area contributed by atoms with Gasteiger partial charge in [0.05, 0.1) is 12.1 Å². The number of nitrogens with zero attached hydrogens (tertiary/aromatic N) is 2. The van der Waals surface area contributed by atoms with Crippen molar-refractivity contribution >= 4 is 23.0 Å². The highest BCUT2D eigenvalue weighted by molar-refractivity contribution is 6.43. The van der Waals surface area contributed by atoms with Crippen LogP contribution in [-0.2, 0) is 4.79 Å². The molecule has 0 atom stereocenters. The quantitative estimate of drug-likeness (QED) is 0.308. The molecule has 0 aliphatic rings. The second-order valence-electron chi connectivity index (χ2n) is 3.40. The monoisotopic (exact) mass is 234 g/mol. The Labute approximate surface area is 98.8 Å². The lowest BCUT2D eigenvalue weighted by molar-refractivity contribution is -0.115. The molecule has 0 spiro atoms. The average molecular weight is 234 g/mol. The third-order valence-corrected chi connectivity index (χ3v) is 1.91. The number of amidine groups is 1. The van der Waals surface area contributed by atoms with Crippen molar-refractivity contribution < 1.29 is 10.0 Å². The zero-order valence-corrected chi connectivity index (χ0v) is 9.42. The summed E-state index contributed by atoms with van der Waals surface area (Å²) in [6.45, 7) is 1.41. The van der Waals surface area contributed by atoms with Crippen LogP contribution in [-0.4, -0.2) is 22.5 Å². The van der Waals surface area contributed by atoms with Gasteiger partial charge in [-0.2, -0.15) is 5.10 Å². The highest BCUT2D eigenvalue weighted by Gasteiger charge is 2.08. The number of nitrogens with two attached hydrogens (primary N) is 1. The van der Waals surface area contributed by atoms with E-state index in [4.69, 9.17) is 10.9 Å². The van der Waals surface area contributed by atoms with Gasteiger partial charge in [0.25, 0.3) is 0 Å². The standard InChI is InChI=1S/C11H14N4O2/c1-8(16)7-10(11(12)15-17)14-13-9-5-3-2-4-6-9/h2-6,13,17H,7H2,1H3,(H2,12,15). The van der Waals surface area contributed by atoms with E-state index in [1.165, 1.54) is 6.92 Å². The van der Waals surface area contributed by atoms with Gasteiger partial charge in [0.15, 0.2) is 5.84 Å². The van der Waals surface area contributed by atoms with Gasteiger partial charge in [-0.1, -0.05) is 23.4 Å². The number of hydrazone groups is 1. The van der Waals surface area contributed by atoms with Gasteiger partial charge in [0.1, 0.15) is 11.5 Å². The molecule has 0 heterocycles. The number of anilines is 1. The fraction of sp³-hybridized carbons (Fsp3) is 0.182. The van der Waals surface area contributed by atoms with Gasteiger partial charge in [-0.25, -0.2) is 0 Å². The van der Waals surface area contributed by atoms with Gasteiger partial charge >= 0.3 is 0 Å². The van der Waals surface area contributed by atoms with Gasteiger partial charge in [-0.3, -0.25) is 10.2 Å². The van der Waals surface area contributed by atoms with E-state index >= 15 is 0 Å². The van der Waals surface area contributed by atoms with E-state index in [2.05, 4.69) is 15.7 Å². The summed E-state index contributed by atoms with van der Waals surface area (Å²) in [5.41, 5.74) is 9.08. The number of oxime groups is 1. The molecular formula is C11H14N4O2. The van der Waals surface area contributed by atoms with Gasteiger partial charge in [-0.05, 0) is 19.1 Å². The molecule has 6 nitrogen and oxygen atoms in total. The largest absolute Gasteiger partial charge is 0.409 e. The average Bonchev–Trinajstić information content (AvgIpc) is 2.34. The molecule has 0 aliphatic carbocycles. The minimum absolute atomic E-state index is 0.00965. The Balaban J connectivity index is 2.80. The van der Waals surface area contributed by atoms with Crippen LogP contribution in [0.1, 0.15) is 13.3 Å².